The lowest BCUT2D eigenvalue weighted by molar-refractivity contribution is -0.139. The van der Waals surface area contributed by atoms with Crippen molar-refractivity contribution in [1.29, 1.82) is 0 Å². The van der Waals surface area contributed by atoms with Gasteiger partial charge in [0.1, 0.15) is 10.5 Å². The number of thiazole rings is 1. The number of nitrogens with one attached hydrogen (secondary N) is 2. The molecule has 0 aliphatic carbocycles. The number of fused-ring (bicyclic) bond motifs is 1. The molecular weight excluding hydrogens is 378 g/mol. The zero-order valence-corrected chi connectivity index (χ0v) is 16.7. The van der Waals surface area contributed by atoms with Crippen LogP contribution in [0, 0.1) is 0 Å². The highest BCUT2D eigenvalue weighted by molar-refractivity contribution is 7.18. The molecule has 1 aromatic carbocycles. The summed E-state index contributed by atoms with van der Waals surface area (Å²) in [4.78, 5) is 43.8. The van der Waals surface area contributed by atoms with E-state index in [1.807, 2.05) is 31.2 Å². The molecule has 2 aromatic rings. The van der Waals surface area contributed by atoms with Crippen molar-refractivity contribution >= 4 is 39.4 Å². The maximum Gasteiger partial charge on any atom is 0.344 e. The Bertz CT molecular complexity index is 912. The van der Waals surface area contributed by atoms with E-state index >= 15 is 0 Å². The van der Waals surface area contributed by atoms with Gasteiger partial charge in [0.2, 0.25) is 0 Å². The average Bonchev–Trinajstić information content (AvgIpc) is 3.35. The van der Waals surface area contributed by atoms with Crippen LogP contribution < -0.4 is 10.7 Å². The maximum absolute atomic E-state index is 12.6. The number of hydrazine groups is 1. The monoisotopic (exact) mass is 401 g/mol. The van der Waals surface area contributed by atoms with Gasteiger partial charge in [-0.2, -0.15) is 5.01 Å². The van der Waals surface area contributed by atoms with Crippen LogP contribution in [0.25, 0.3) is 10.2 Å². The first kappa shape index (κ1) is 18.8. The highest BCUT2D eigenvalue weighted by atomic mass is 32.1. The summed E-state index contributed by atoms with van der Waals surface area (Å²) in [5.74, 6) is -0.811. The SMILES string of the molecule is CC[C@]1(C)NC(=O)N(NC(=O)CN2CCC[C@@H]2c2nc3ccccc3s2)C1=O. The van der Waals surface area contributed by atoms with Crippen molar-refractivity contribution in [3.63, 3.8) is 0 Å². The summed E-state index contributed by atoms with van der Waals surface area (Å²) in [7, 11) is 0. The number of urea groups is 1. The smallest absolute Gasteiger partial charge is 0.322 e. The van der Waals surface area contributed by atoms with Gasteiger partial charge in [0.05, 0.1) is 22.8 Å². The number of nitrogens with zero attached hydrogens (tertiary/aromatic N) is 3. The van der Waals surface area contributed by atoms with E-state index in [9.17, 15) is 14.4 Å². The first-order valence-corrected chi connectivity index (χ1v) is 10.3. The molecule has 28 heavy (non-hydrogen) atoms. The molecule has 9 heteroatoms. The standard InChI is InChI=1S/C19H23N5O3S/c1-3-19(2)17(26)24(18(27)21-19)22-15(25)11-23-10-6-8-13(23)16-20-12-7-4-5-9-14(12)28-16/h4-5,7,9,13H,3,6,8,10-11H2,1-2H3,(H,21,27)(H,22,25)/t13-,19+/m1/s1. The van der Waals surface area contributed by atoms with Crippen LogP contribution in [0.4, 0.5) is 4.79 Å². The van der Waals surface area contributed by atoms with Crippen LogP contribution in [-0.2, 0) is 9.59 Å². The number of carbonyl (C=O) groups excluding carboxylic acids is 3. The third kappa shape index (κ3) is 3.24. The van der Waals surface area contributed by atoms with Crippen molar-refractivity contribution in [2.75, 3.05) is 13.1 Å². The van der Waals surface area contributed by atoms with Gasteiger partial charge >= 0.3 is 6.03 Å². The van der Waals surface area contributed by atoms with Crippen LogP contribution in [0.5, 0.6) is 0 Å². The predicted molar refractivity (Wildman–Crippen MR) is 105 cm³/mol. The van der Waals surface area contributed by atoms with Crippen molar-refractivity contribution < 1.29 is 14.4 Å². The minimum atomic E-state index is -0.971. The third-order valence-electron chi connectivity index (χ3n) is 5.51. The second kappa shape index (κ2) is 7.14. The summed E-state index contributed by atoms with van der Waals surface area (Å²) in [6.45, 7) is 4.36. The molecule has 148 valence electrons. The zero-order valence-electron chi connectivity index (χ0n) is 15.9. The van der Waals surface area contributed by atoms with Crippen LogP contribution in [0.3, 0.4) is 0 Å². The molecule has 4 rings (SSSR count). The Labute approximate surface area is 166 Å². The third-order valence-corrected chi connectivity index (χ3v) is 6.65. The van der Waals surface area contributed by atoms with E-state index in [-0.39, 0.29) is 18.5 Å². The lowest BCUT2D eigenvalue weighted by Gasteiger charge is -2.24. The van der Waals surface area contributed by atoms with Crippen LogP contribution in [0.15, 0.2) is 24.3 Å². The average molecular weight is 401 g/mol. The van der Waals surface area contributed by atoms with E-state index in [0.717, 1.165) is 39.6 Å². The number of carbonyl (C=O) groups is 3. The quantitative estimate of drug-likeness (QED) is 0.749. The number of hydrogen-bond donors (Lipinski definition) is 2. The highest BCUT2D eigenvalue weighted by Crippen LogP contribution is 2.36. The largest absolute Gasteiger partial charge is 0.344 e. The van der Waals surface area contributed by atoms with E-state index in [4.69, 9.17) is 4.98 Å². The first-order chi connectivity index (χ1) is 13.4. The molecule has 1 aromatic heterocycles. The van der Waals surface area contributed by atoms with Crippen molar-refractivity contribution in [2.24, 2.45) is 0 Å². The second-order valence-electron chi connectivity index (χ2n) is 7.44. The number of rotatable bonds is 5. The summed E-state index contributed by atoms with van der Waals surface area (Å²) in [5.41, 5.74) is 2.47. The van der Waals surface area contributed by atoms with Crippen LogP contribution in [0.2, 0.25) is 0 Å². The van der Waals surface area contributed by atoms with Crippen molar-refractivity contribution in [3.8, 4) is 0 Å². The lowest BCUT2D eigenvalue weighted by Crippen LogP contribution is -2.51. The zero-order chi connectivity index (χ0) is 19.9. The van der Waals surface area contributed by atoms with E-state index in [1.54, 1.807) is 18.3 Å². The molecule has 2 atom stereocenters. The van der Waals surface area contributed by atoms with E-state index < -0.39 is 17.5 Å². The number of hydrogen-bond acceptors (Lipinski definition) is 6. The minimum absolute atomic E-state index is 0.0761. The highest BCUT2D eigenvalue weighted by Gasteiger charge is 2.47. The Morgan fingerprint density at radius 2 is 2.18 bits per heavy atom. The number of para-hydroxylation sites is 1. The lowest BCUT2D eigenvalue weighted by atomic mass is 10.00. The number of likely N-dealkylation sites (tertiary alicyclic amines) is 1. The van der Waals surface area contributed by atoms with Gasteiger partial charge in [-0.15, -0.1) is 11.3 Å². The molecule has 2 aliphatic heterocycles. The first-order valence-electron chi connectivity index (χ1n) is 9.47. The summed E-state index contributed by atoms with van der Waals surface area (Å²) in [6.07, 6.45) is 2.37. The molecule has 3 heterocycles. The maximum atomic E-state index is 12.6. The van der Waals surface area contributed by atoms with Crippen molar-refractivity contribution in [2.45, 2.75) is 44.7 Å². The summed E-state index contributed by atoms with van der Waals surface area (Å²) >= 11 is 1.65. The number of imide groups is 1. The topological polar surface area (TPSA) is 94.6 Å². The number of benzene rings is 1. The summed E-state index contributed by atoms with van der Waals surface area (Å²) in [6, 6.07) is 7.48. The Balaban J connectivity index is 1.44. The van der Waals surface area contributed by atoms with Gasteiger partial charge in [0, 0.05) is 0 Å². The fraction of sp³-hybridized carbons (Fsp3) is 0.474. The molecule has 4 amide bonds. The van der Waals surface area contributed by atoms with Crippen molar-refractivity contribution in [1.82, 2.24) is 25.6 Å². The summed E-state index contributed by atoms with van der Waals surface area (Å²) < 4.78 is 1.13. The van der Waals surface area contributed by atoms with Gasteiger partial charge in [-0.25, -0.2) is 9.78 Å². The number of aromatic nitrogens is 1. The van der Waals surface area contributed by atoms with Gasteiger partial charge in [0.15, 0.2) is 0 Å². The summed E-state index contributed by atoms with van der Waals surface area (Å²) in [5, 5.41) is 4.43. The van der Waals surface area contributed by atoms with Crippen LogP contribution in [0.1, 0.15) is 44.2 Å². The van der Waals surface area contributed by atoms with Gasteiger partial charge in [-0.1, -0.05) is 19.1 Å². The Kier molecular flexibility index (Phi) is 4.80. The second-order valence-corrected chi connectivity index (χ2v) is 8.50. The van der Waals surface area contributed by atoms with Crippen LogP contribution in [-0.4, -0.2) is 51.4 Å². The molecule has 0 spiro atoms. The Morgan fingerprint density at radius 3 is 2.89 bits per heavy atom. The van der Waals surface area contributed by atoms with Gasteiger partial charge in [-0.3, -0.25) is 19.9 Å². The van der Waals surface area contributed by atoms with E-state index in [2.05, 4.69) is 15.6 Å². The molecule has 8 nitrogen and oxygen atoms in total. The molecule has 2 fully saturated rings. The molecule has 0 bridgehead atoms. The predicted octanol–water partition coefficient (Wildman–Crippen LogP) is 2.18. The van der Waals surface area contributed by atoms with Gasteiger partial charge < -0.3 is 5.32 Å². The van der Waals surface area contributed by atoms with Gasteiger partial charge in [-0.05, 0) is 44.9 Å². The molecular formula is C19H23N5O3S. The molecule has 0 radical (unpaired) electrons. The molecule has 2 N–H and O–H groups in total. The Hall–Kier alpha value is -2.52. The molecule has 0 unspecified atom stereocenters. The van der Waals surface area contributed by atoms with E-state index in [0.29, 0.717) is 6.42 Å². The normalized spacial score (nSPS) is 25.5. The Morgan fingerprint density at radius 1 is 1.39 bits per heavy atom. The molecule has 2 aliphatic rings. The fourth-order valence-electron chi connectivity index (χ4n) is 3.70. The molecule has 0 saturated carbocycles. The van der Waals surface area contributed by atoms with E-state index in [1.165, 1.54) is 0 Å². The molecule has 2 saturated heterocycles. The number of amides is 4. The minimum Gasteiger partial charge on any atom is -0.322 e. The van der Waals surface area contributed by atoms with Crippen molar-refractivity contribution in [3.05, 3.63) is 29.3 Å². The fourth-order valence-corrected chi connectivity index (χ4v) is 4.83. The van der Waals surface area contributed by atoms with Crippen LogP contribution >= 0.6 is 11.3 Å². The van der Waals surface area contributed by atoms with Gasteiger partial charge in [0.25, 0.3) is 11.8 Å².